The van der Waals surface area contributed by atoms with Crippen LogP contribution in [-0.2, 0) is 6.42 Å². The first-order chi connectivity index (χ1) is 9.81. The predicted octanol–water partition coefficient (Wildman–Crippen LogP) is 4.20. The molecule has 1 aromatic heterocycles. The summed E-state index contributed by atoms with van der Waals surface area (Å²) in [5.41, 5.74) is 3.06. The summed E-state index contributed by atoms with van der Waals surface area (Å²) in [4.78, 5) is 17.0. The molecule has 2 aromatic carbocycles. The van der Waals surface area contributed by atoms with Crippen molar-refractivity contribution in [1.82, 2.24) is 4.98 Å². The van der Waals surface area contributed by atoms with Crippen molar-refractivity contribution < 1.29 is 4.79 Å². The fourth-order valence-corrected chi connectivity index (χ4v) is 4.92. The number of aromatic nitrogens is 1. The molecule has 1 aliphatic rings. The van der Waals surface area contributed by atoms with E-state index in [-0.39, 0.29) is 11.0 Å². The third kappa shape index (κ3) is 1.96. The molecule has 1 atom stereocenters. The molecule has 0 saturated heterocycles. The van der Waals surface area contributed by atoms with Gasteiger partial charge in [0.2, 0.25) is 0 Å². The van der Waals surface area contributed by atoms with Crippen LogP contribution in [0.25, 0.3) is 10.2 Å². The van der Waals surface area contributed by atoms with Gasteiger partial charge in [0.15, 0.2) is 10.1 Å². The molecule has 1 unspecified atom stereocenters. The third-order valence-electron chi connectivity index (χ3n) is 3.50. The fourth-order valence-electron chi connectivity index (χ4n) is 2.52. The number of benzene rings is 2. The van der Waals surface area contributed by atoms with Crippen molar-refractivity contribution in [1.29, 1.82) is 0 Å². The molecule has 4 heteroatoms. The lowest BCUT2D eigenvalue weighted by Crippen LogP contribution is -2.10. The van der Waals surface area contributed by atoms with Gasteiger partial charge < -0.3 is 0 Å². The first kappa shape index (κ1) is 12.1. The van der Waals surface area contributed by atoms with Crippen LogP contribution in [0.4, 0.5) is 0 Å². The molecule has 0 spiro atoms. The lowest BCUT2D eigenvalue weighted by atomic mass is 10.1. The Labute approximate surface area is 124 Å². The molecule has 0 bridgehead atoms. The minimum absolute atomic E-state index is 0.0204. The Hall–Kier alpha value is -1.65. The van der Waals surface area contributed by atoms with Crippen molar-refractivity contribution in [2.45, 2.75) is 16.0 Å². The van der Waals surface area contributed by atoms with Crippen LogP contribution in [0.5, 0.6) is 0 Å². The zero-order valence-corrected chi connectivity index (χ0v) is 12.2. The Bertz CT molecular complexity index is 776. The summed E-state index contributed by atoms with van der Waals surface area (Å²) in [7, 11) is 0. The van der Waals surface area contributed by atoms with Gasteiger partial charge in [0, 0.05) is 5.56 Å². The van der Waals surface area contributed by atoms with Crippen LogP contribution in [0.15, 0.2) is 52.9 Å². The fraction of sp³-hybridized carbons (Fsp3) is 0.125. The van der Waals surface area contributed by atoms with Crippen molar-refractivity contribution in [3.8, 4) is 0 Å². The predicted molar refractivity (Wildman–Crippen MR) is 83.7 cm³/mol. The summed E-state index contributed by atoms with van der Waals surface area (Å²) in [5.74, 6) is 0.241. The molecule has 98 valence electrons. The molecule has 0 fully saturated rings. The molecule has 0 radical (unpaired) electrons. The highest BCUT2D eigenvalue weighted by Crippen LogP contribution is 2.37. The minimum Gasteiger partial charge on any atom is -0.293 e. The molecule has 0 amide bonds. The van der Waals surface area contributed by atoms with E-state index < -0.39 is 0 Å². The van der Waals surface area contributed by atoms with E-state index in [4.69, 9.17) is 0 Å². The number of carbonyl (C=O) groups excluding carboxylic acids is 1. The average molecular weight is 297 g/mol. The summed E-state index contributed by atoms with van der Waals surface area (Å²) in [6.45, 7) is 0. The van der Waals surface area contributed by atoms with Crippen LogP contribution in [0.2, 0.25) is 0 Å². The van der Waals surface area contributed by atoms with E-state index >= 15 is 0 Å². The zero-order valence-electron chi connectivity index (χ0n) is 10.6. The van der Waals surface area contributed by atoms with E-state index in [9.17, 15) is 4.79 Å². The number of ketones is 1. The van der Waals surface area contributed by atoms with E-state index in [1.54, 1.807) is 23.1 Å². The number of carbonyl (C=O) groups is 1. The summed E-state index contributed by atoms with van der Waals surface area (Å²) in [6, 6.07) is 16.0. The Morgan fingerprint density at radius 2 is 1.90 bits per heavy atom. The van der Waals surface area contributed by atoms with Gasteiger partial charge in [0.05, 0.1) is 15.5 Å². The molecule has 20 heavy (non-hydrogen) atoms. The Morgan fingerprint density at radius 1 is 1.10 bits per heavy atom. The van der Waals surface area contributed by atoms with Crippen molar-refractivity contribution in [2.75, 3.05) is 0 Å². The van der Waals surface area contributed by atoms with Gasteiger partial charge >= 0.3 is 0 Å². The topological polar surface area (TPSA) is 30.0 Å². The van der Waals surface area contributed by atoms with Gasteiger partial charge in [-0.1, -0.05) is 48.2 Å². The molecule has 1 aliphatic carbocycles. The van der Waals surface area contributed by atoms with Crippen molar-refractivity contribution in [3.05, 3.63) is 59.7 Å². The van der Waals surface area contributed by atoms with Gasteiger partial charge in [-0.05, 0) is 24.1 Å². The maximum absolute atomic E-state index is 12.4. The van der Waals surface area contributed by atoms with Crippen LogP contribution in [0, 0.1) is 0 Å². The number of thiazole rings is 1. The van der Waals surface area contributed by atoms with Crippen LogP contribution in [0.1, 0.15) is 15.9 Å². The lowest BCUT2D eigenvalue weighted by Gasteiger charge is -2.03. The maximum Gasteiger partial charge on any atom is 0.176 e. The number of thioether (sulfide) groups is 1. The monoisotopic (exact) mass is 297 g/mol. The highest BCUT2D eigenvalue weighted by molar-refractivity contribution is 8.02. The molecule has 0 saturated carbocycles. The van der Waals surface area contributed by atoms with E-state index in [0.29, 0.717) is 0 Å². The molecule has 0 N–H and O–H groups in total. The summed E-state index contributed by atoms with van der Waals surface area (Å²) in [5, 5.41) is -0.0204. The molecule has 2 nitrogen and oxygen atoms in total. The Morgan fingerprint density at radius 3 is 2.75 bits per heavy atom. The van der Waals surface area contributed by atoms with Crippen LogP contribution in [0.3, 0.4) is 0 Å². The second-order valence-corrected chi connectivity index (χ2v) is 7.26. The summed E-state index contributed by atoms with van der Waals surface area (Å²) < 4.78 is 2.16. The minimum atomic E-state index is -0.0204. The van der Waals surface area contributed by atoms with Crippen molar-refractivity contribution in [3.63, 3.8) is 0 Å². The smallest absolute Gasteiger partial charge is 0.176 e. The number of para-hydroxylation sites is 1. The Balaban J connectivity index is 1.63. The molecule has 3 aromatic rings. The lowest BCUT2D eigenvalue weighted by molar-refractivity contribution is 0.100. The van der Waals surface area contributed by atoms with Gasteiger partial charge in [0.25, 0.3) is 0 Å². The quantitative estimate of drug-likeness (QED) is 0.710. The van der Waals surface area contributed by atoms with Crippen LogP contribution < -0.4 is 0 Å². The number of hydrogen-bond donors (Lipinski definition) is 0. The molecule has 4 rings (SSSR count). The molecular formula is C16H11NOS2. The Kier molecular flexibility index (Phi) is 2.86. The third-order valence-corrected chi connectivity index (χ3v) is 5.83. The SMILES string of the molecule is O=C1c2ccccc2CC1Sc1nc2ccccc2s1. The van der Waals surface area contributed by atoms with Gasteiger partial charge in [-0.3, -0.25) is 4.79 Å². The van der Waals surface area contributed by atoms with E-state index in [1.165, 1.54) is 4.70 Å². The van der Waals surface area contributed by atoms with Gasteiger partial charge in [-0.15, -0.1) is 11.3 Å². The standard InChI is InChI=1S/C16H11NOS2/c18-15-11-6-2-1-5-10(11)9-14(15)20-16-17-12-7-3-4-8-13(12)19-16/h1-8,14H,9H2. The van der Waals surface area contributed by atoms with Gasteiger partial charge in [-0.25, -0.2) is 4.98 Å². The molecule has 0 aliphatic heterocycles. The highest BCUT2D eigenvalue weighted by Gasteiger charge is 2.31. The highest BCUT2D eigenvalue weighted by atomic mass is 32.2. The van der Waals surface area contributed by atoms with Gasteiger partial charge in [-0.2, -0.15) is 0 Å². The number of Topliss-reactive ketones (excluding diaryl/α,β-unsaturated/α-hetero) is 1. The van der Waals surface area contributed by atoms with Gasteiger partial charge in [0.1, 0.15) is 0 Å². The number of nitrogens with zero attached hydrogens (tertiary/aromatic N) is 1. The number of hydrogen-bond acceptors (Lipinski definition) is 4. The average Bonchev–Trinajstić information content (AvgIpc) is 3.01. The van der Waals surface area contributed by atoms with Crippen LogP contribution in [-0.4, -0.2) is 16.0 Å². The molecular weight excluding hydrogens is 286 g/mol. The summed E-state index contributed by atoms with van der Waals surface area (Å²) in [6.07, 6.45) is 0.815. The first-order valence-corrected chi connectivity index (χ1v) is 8.15. The summed E-state index contributed by atoms with van der Waals surface area (Å²) >= 11 is 3.26. The largest absolute Gasteiger partial charge is 0.293 e. The zero-order chi connectivity index (χ0) is 13.5. The van der Waals surface area contributed by atoms with Crippen molar-refractivity contribution >= 4 is 39.1 Å². The maximum atomic E-state index is 12.4. The second kappa shape index (κ2) is 4.72. The first-order valence-electron chi connectivity index (χ1n) is 6.45. The van der Waals surface area contributed by atoms with Crippen LogP contribution >= 0.6 is 23.1 Å². The second-order valence-electron chi connectivity index (χ2n) is 4.78. The molecule has 1 heterocycles. The van der Waals surface area contributed by atoms with E-state index in [1.807, 2.05) is 42.5 Å². The number of fused-ring (bicyclic) bond motifs is 2. The van der Waals surface area contributed by atoms with E-state index in [2.05, 4.69) is 11.1 Å². The normalized spacial score (nSPS) is 17.6. The van der Waals surface area contributed by atoms with E-state index in [0.717, 1.165) is 27.4 Å². The van der Waals surface area contributed by atoms with Crippen molar-refractivity contribution in [2.24, 2.45) is 0 Å². The number of rotatable bonds is 2.